The zero-order chi connectivity index (χ0) is 14.4. The van der Waals surface area contributed by atoms with Crippen molar-refractivity contribution in [2.45, 2.75) is 39.4 Å². The smallest absolute Gasteiger partial charge is 0.308 e. The number of rotatable bonds is 1. The van der Waals surface area contributed by atoms with E-state index in [-0.39, 0.29) is 18.1 Å². The van der Waals surface area contributed by atoms with Crippen LogP contribution in [-0.2, 0) is 14.3 Å². The molecule has 5 nitrogen and oxygen atoms in total. The van der Waals surface area contributed by atoms with Crippen LogP contribution >= 0.6 is 0 Å². The van der Waals surface area contributed by atoms with Crippen LogP contribution in [0.3, 0.4) is 0 Å². The second-order valence-electron chi connectivity index (χ2n) is 5.46. The van der Waals surface area contributed by atoms with Crippen LogP contribution < -0.4 is 0 Å². The molecule has 0 aromatic heterocycles. The summed E-state index contributed by atoms with van der Waals surface area (Å²) in [4.78, 5) is 22.9. The number of hydrogen-bond donors (Lipinski definition) is 2. The second kappa shape index (κ2) is 4.58. The van der Waals surface area contributed by atoms with E-state index >= 15 is 0 Å². The fraction of sp³-hybridized carbons (Fsp3) is 0.571. The summed E-state index contributed by atoms with van der Waals surface area (Å²) in [7, 11) is 0. The number of ketones is 1. The molecule has 0 aromatic rings. The van der Waals surface area contributed by atoms with Crippen LogP contribution in [0.5, 0.6) is 0 Å². The van der Waals surface area contributed by atoms with E-state index in [4.69, 9.17) is 4.74 Å². The van der Waals surface area contributed by atoms with Gasteiger partial charge in [-0.3, -0.25) is 9.59 Å². The molecule has 2 rings (SSSR count). The molecule has 104 valence electrons. The Kier molecular flexibility index (Phi) is 3.36. The van der Waals surface area contributed by atoms with Crippen molar-refractivity contribution in [1.29, 1.82) is 0 Å². The molecular weight excluding hydrogens is 248 g/mol. The summed E-state index contributed by atoms with van der Waals surface area (Å²) in [5, 5.41) is 20.0. The molecule has 0 aliphatic heterocycles. The van der Waals surface area contributed by atoms with E-state index in [1.807, 2.05) is 13.8 Å². The van der Waals surface area contributed by atoms with E-state index in [1.165, 1.54) is 13.0 Å². The molecule has 5 heteroatoms. The Bertz CT molecular complexity index is 490. The first-order chi connectivity index (χ1) is 8.75. The van der Waals surface area contributed by atoms with Crippen LogP contribution in [0.1, 0.15) is 27.2 Å². The number of hydrogen-bond acceptors (Lipinski definition) is 5. The normalized spacial score (nSPS) is 38.2. The minimum Gasteiger partial charge on any atom is -0.423 e. The summed E-state index contributed by atoms with van der Waals surface area (Å²) < 4.78 is 4.90. The van der Waals surface area contributed by atoms with Gasteiger partial charge < -0.3 is 14.9 Å². The maximum atomic E-state index is 11.9. The van der Waals surface area contributed by atoms with Crippen LogP contribution in [0.15, 0.2) is 23.5 Å². The molecule has 19 heavy (non-hydrogen) atoms. The van der Waals surface area contributed by atoms with E-state index in [2.05, 4.69) is 0 Å². The van der Waals surface area contributed by atoms with Gasteiger partial charge in [0.25, 0.3) is 0 Å². The van der Waals surface area contributed by atoms with Crippen LogP contribution in [0.2, 0.25) is 0 Å². The summed E-state index contributed by atoms with van der Waals surface area (Å²) in [6.07, 6.45) is 1.57. The molecule has 0 spiro atoms. The summed E-state index contributed by atoms with van der Waals surface area (Å²) in [5.41, 5.74) is -0.110. The maximum absolute atomic E-state index is 11.9. The van der Waals surface area contributed by atoms with Crippen molar-refractivity contribution in [2.24, 2.45) is 11.3 Å². The molecule has 2 aliphatic rings. The summed E-state index contributed by atoms with van der Waals surface area (Å²) in [6, 6.07) is 0. The van der Waals surface area contributed by atoms with Gasteiger partial charge in [-0.2, -0.15) is 0 Å². The highest BCUT2D eigenvalue weighted by Crippen LogP contribution is 2.48. The molecule has 0 unspecified atom stereocenters. The van der Waals surface area contributed by atoms with Crippen LogP contribution in [0.25, 0.3) is 0 Å². The van der Waals surface area contributed by atoms with E-state index in [9.17, 15) is 19.8 Å². The third-order valence-corrected chi connectivity index (χ3v) is 4.18. The Balaban J connectivity index is 2.45. The van der Waals surface area contributed by atoms with Gasteiger partial charge in [0, 0.05) is 18.8 Å². The summed E-state index contributed by atoms with van der Waals surface area (Å²) >= 11 is 0. The molecule has 0 heterocycles. The van der Waals surface area contributed by atoms with E-state index < -0.39 is 29.4 Å². The van der Waals surface area contributed by atoms with Gasteiger partial charge in [-0.25, -0.2) is 0 Å². The number of aliphatic hydroxyl groups excluding tert-OH is 2. The molecule has 1 fully saturated rings. The lowest BCUT2D eigenvalue weighted by molar-refractivity contribution is -0.139. The van der Waals surface area contributed by atoms with Crippen molar-refractivity contribution < 1.29 is 24.5 Å². The Morgan fingerprint density at radius 3 is 2.68 bits per heavy atom. The Morgan fingerprint density at radius 1 is 1.47 bits per heavy atom. The molecule has 0 bridgehead atoms. The fourth-order valence-corrected chi connectivity index (χ4v) is 2.84. The van der Waals surface area contributed by atoms with Gasteiger partial charge in [0.05, 0.1) is 12.2 Å². The summed E-state index contributed by atoms with van der Waals surface area (Å²) in [5.74, 6) is -1.21. The Hall–Kier alpha value is -1.46. The van der Waals surface area contributed by atoms with Gasteiger partial charge in [0.1, 0.15) is 0 Å². The monoisotopic (exact) mass is 266 g/mol. The highest BCUT2D eigenvalue weighted by atomic mass is 16.5. The third-order valence-electron chi connectivity index (χ3n) is 4.18. The summed E-state index contributed by atoms with van der Waals surface area (Å²) in [6.45, 7) is 4.90. The average molecular weight is 266 g/mol. The standard InChI is InChI=1S/C14H18O5/c1-7-10(16)5-11(17)9-4-12(18)13(19-8(2)15)6-14(7,9)3/h4,6-7,10-11,16-17H,5H2,1-3H3/t7-,10-,11+,14+/m0/s1. The van der Waals surface area contributed by atoms with Crippen molar-refractivity contribution in [1.82, 2.24) is 0 Å². The predicted molar refractivity (Wildman–Crippen MR) is 66.8 cm³/mol. The second-order valence-corrected chi connectivity index (χ2v) is 5.46. The predicted octanol–water partition coefficient (Wildman–Crippen LogP) is 0.710. The third kappa shape index (κ3) is 2.24. The van der Waals surface area contributed by atoms with Crippen molar-refractivity contribution in [3.05, 3.63) is 23.5 Å². The molecule has 1 saturated carbocycles. The molecule has 0 aromatic carbocycles. The van der Waals surface area contributed by atoms with Crippen LogP contribution in [0, 0.1) is 11.3 Å². The topological polar surface area (TPSA) is 83.8 Å². The van der Waals surface area contributed by atoms with Crippen molar-refractivity contribution in [3.63, 3.8) is 0 Å². The quantitative estimate of drug-likeness (QED) is 0.683. The van der Waals surface area contributed by atoms with E-state index in [0.717, 1.165) is 0 Å². The van der Waals surface area contributed by atoms with Crippen LogP contribution in [-0.4, -0.2) is 34.2 Å². The maximum Gasteiger partial charge on any atom is 0.308 e. The lowest BCUT2D eigenvalue weighted by Crippen LogP contribution is -2.47. The highest BCUT2D eigenvalue weighted by Gasteiger charge is 2.48. The fourth-order valence-electron chi connectivity index (χ4n) is 2.84. The largest absolute Gasteiger partial charge is 0.423 e. The zero-order valence-corrected chi connectivity index (χ0v) is 11.2. The van der Waals surface area contributed by atoms with Gasteiger partial charge in [-0.15, -0.1) is 0 Å². The molecule has 2 N–H and O–H groups in total. The Morgan fingerprint density at radius 2 is 2.11 bits per heavy atom. The van der Waals surface area contributed by atoms with Crippen molar-refractivity contribution in [3.8, 4) is 0 Å². The first-order valence-electron chi connectivity index (χ1n) is 6.29. The molecule has 4 atom stereocenters. The van der Waals surface area contributed by atoms with E-state index in [0.29, 0.717) is 5.57 Å². The number of allylic oxidation sites excluding steroid dienone is 2. The first kappa shape index (κ1) is 14.0. The SMILES string of the molecule is CC(=O)OC1=C[C@@]2(C)C(=CC1=O)[C@H](O)C[C@H](O)[C@@H]2C. The molecule has 0 saturated heterocycles. The van der Waals surface area contributed by atoms with Crippen LogP contribution in [0.4, 0.5) is 0 Å². The highest BCUT2D eigenvalue weighted by molar-refractivity contribution is 6.05. The number of esters is 1. The number of ether oxygens (including phenoxy) is 1. The number of carbonyl (C=O) groups excluding carboxylic acids is 2. The van der Waals surface area contributed by atoms with Crippen molar-refractivity contribution >= 4 is 11.8 Å². The zero-order valence-electron chi connectivity index (χ0n) is 11.2. The molecular formula is C14H18O5. The Labute approximate surface area is 111 Å². The van der Waals surface area contributed by atoms with Gasteiger partial charge in [0.2, 0.25) is 5.78 Å². The average Bonchev–Trinajstić information content (AvgIpc) is 2.30. The van der Waals surface area contributed by atoms with Gasteiger partial charge >= 0.3 is 5.97 Å². The minimum atomic E-state index is -0.852. The number of aliphatic hydroxyl groups is 2. The lowest BCUT2D eigenvalue weighted by atomic mass is 9.61. The van der Waals surface area contributed by atoms with Crippen molar-refractivity contribution in [2.75, 3.05) is 0 Å². The first-order valence-corrected chi connectivity index (χ1v) is 6.29. The molecule has 0 radical (unpaired) electrons. The van der Waals surface area contributed by atoms with Gasteiger partial charge in [-0.05, 0) is 23.6 Å². The van der Waals surface area contributed by atoms with Gasteiger partial charge in [0.15, 0.2) is 5.76 Å². The molecule has 0 amide bonds. The number of carbonyl (C=O) groups is 2. The van der Waals surface area contributed by atoms with E-state index in [1.54, 1.807) is 6.08 Å². The van der Waals surface area contributed by atoms with Gasteiger partial charge in [-0.1, -0.05) is 13.8 Å². The lowest BCUT2D eigenvalue weighted by Gasteiger charge is -2.46. The molecule has 2 aliphatic carbocycles. The minimum absolute atomic E-state index is 0.0353. The number of fused-ring (bicyclic) bond motifs is 1.